The molecular weight excluding hydrogens is 384 g/mol. The number of piperazine rings is 1. The first kappa shape index (κ1) is 19.7. The van der Waals surface area contributed by atoms with Crippen molar-refractivity contribution < 1.29 is 13.9 Å². The van der Waals surface area contributed by atoms with E-state index in [4.69, 9.17) is 9.15 Å². The van der Waals surface area contributed by atoms with Gasteiger partial charge in [0.25, 0.3) is 5.91 Å². The summed E-state index contributed by atoms with van der Waals surface area (Å²) in [6.45, 7) is 3.80. The number of aromatic nitrogens is 3. The van der Waals surface area contributed by atoms with Crippen molar-refractivity contribution in [2.24, 2.45) is 0 Å². The SMILES string of the molecule is O=C(COc1ccc(N2CCN(c3ccccn3)CC2)nn1)NCCc1ccco1. The van der Waals surface area contributed by atoms with Gasteiger partial charge in [-0.2, -0.15) is 0 Å². The lowest BCUT2D eigenvalue weighted by Gasteiger charge is -2.35. The molecule has 4 heterocycles. The van der Waals surface area contributed by atoms with Crippen LogP contribution in [0.2, 0.25) is 0 Å². The van der Waals surface area contributed by atoms with Gasteiger partial charge < -0.3 is 24.3 Å². The average Bonchev–Trinajstić information content (AvgIpc) is 3.32. The van der Waals surface area contributed by atoms with Crippen molar-refractivity contribution >= 4 is 17.5 Å². The van der Waals surface area contributed by atoms with Gasteiger partial charge in [-0.3, -0.25) is 4.79 Å². The van der Waals surface area contributed by atoms with Gasteiger partial charge in [0.2, 0.25) is 5.88 Å². The monoisotopic (exact) mass is 408 g/mol. The van der Waals surface area contributed by atoms with Crippen LogP contribution in [-0.2, 0) is 11.2 Å². The molecule has 0 atom stereocenters. The largest absolute Gasteiger partial charge is 0.469 e. The molecule has 1 aliphatic rings. The van der Waals surface area contributed by atoms with Crippen LogP contribution in [0, 0.1) is 0 Å². The molecule has 1 N–H and O–H groups in total. The molecular formula is C21H24N6O3. The number of amides is 1. The summed E-state index contributed by atoms with van der Waals surface area (Å²) in [5.41, 5.74) is 0. The molecule has 0 unspecified atom stereocenters. The summed E-state index contributed by atoms with van der Waals surface area (Å²) in [7, 11) is 0. The number of hydrogen-bond acceptors (Lipinski definition) is 8. The number of furan rings is 1. The van der Waals surface area contributed by atoms with Crippen LogP contribution in [-0.4, -0.2) is 60.4 Å². The number of rotatable bonds is 8. The Morgan fingerprint density at radius 1 is 1.00 bits per heavy atom. The van der Waals surface area contributed by atoms with Crippen molar-refractivity contribution in [3.63, 3.8) is 0 Å². The smallest absolute Gasteiger partial charge is 0.258 e. The van der Waals surface area contributed by atoms with Gasteiger partial charge in [0.1, 0.15) is 11.6 Å². The zero-order chi connectivity index (χ0) is 20.6. The summed E-state index contributed by atoms with van der Waals surface area (Å²) in [5.74, 6) is 2.74. The summed E-state index contributed by atoms with van der Waals surface area (Å²) in [5, 5.41) is 11.1. The molecule has 0 aromatic carbocycles. The van der Waals surface area contributed by atoms with Crippen molar-refractivity contribution in [3.05, 3.63) is 60.7 Å². The van der Waals surface area contributed by atoms with E-state index in [1.165, 1.54) is 0 Å². The molecule has 0 radical (unpaired) electrons. The highest BCUT2D eigenvalue weighted by Crippen LogP contribution is 2.18. The number of ether oxygens (including phenoxy) is 1. The van der Waals surface area contributed by atoms with Crippen LogP contribution < -0.4 is 19.9 Å². The fourth-order valence-electron chi connectivity index (χ4n) is 3.23. The van der Waals surface area contributed by atoms with Crippen LogP contribution in [0.1, 0.15) is 5.76 Å². The Bertz CT molecular complexity index is 910. The predicted molar refractivity (Wildman–Crippen MR) is 112 cm³/mol. The summed E-state index contributed by atoms with van der Waals surface area (Å²) >= 11 is 0. The molecule has 0 saturated carbocycles. The van der Waals surface area contributed by atoms with Crippen LogP contribution >= 0.6 is 0 Å². The number of hydrogen-bond donors (Lipinski definition) is 1. The molecule has 0 spiro atoms. The van der Waals surface area contributed by atoms with Gasteiger partial charge >= 0.3 is 0 Å². The van der Waals surface area contributed by atoms with Gasteiger partial charge in [-0.05, 0) is 30.3 Å². The highest BCUT2D eigenvalue weighted by atomic mass is 16.5. The van der Waals surface area contributed by atoms with E-state index in [1.54, 1.807) is 12.3 Å². The van der Waals surface area contributed by atoms with Crippen molar-refractivity contribution in [3.8, 4) is 5.88 Å². The van der Waals surface area contributed by atoms with Gasteiger partial charge in [-0.1, -0.05) is 6.07 Å². The molecule has 156 valence electrons. The molecule has 30 heavy (non-hydrogen) atoms. The van der Waals surface area contributed by atoms with Crippen LogP contribution in [0.4, 0.5) is 11.6 Å². The third-order valence-corrected chi connectivity index (χ3v) is 4.83. The maximum Gasteiger partial charge on any atom is 0.258 e. The summed E-state index contributed by atoms with van der Waals surface area (Å²) in [6, 6.07) is 13.2. The highest BCUT2D eigenvalue weighted by Gasteiger charge is 2.19. The molecule has 1 aliphatic heterocycles. The third kappa shape index (κ3) is 5.25. The van der Waals surface area contributed by atoms with Gasteiger partial charge in [0.05, 0.1) is 6.26 Å². The van der Waals surface area contributed by atoms with Crippen LogP contribution in [0.5, 0.6) is 5.88 Å². The molecule has 3 aromatic heterocycles. The number of nitrogens with zero attached hydrogens (tertiary/aromatic N) is 5. The fourth-order valence-corrected chi connectivity index (χ4v) is 3.23. The molecule has 1 saturated heterocycles. The molecule has 4 rings (SSSR count). The molecule has 0 bridgehead atoms. The van der Waals surface area contributed by atoms with Gasteiger partial charge in [-0.25, -0.2) is 4.98 Å². The predicted octanol–water partition coefficient (Wildman–Crippen LogP) is 1.53. The first-order valence-electron chi connectivity index (χ1n) is 9.94. The normalized spacial score (nSPS) is 13.9. The number of pyridine rings is 1. The minimum absolute atomic E-state index is 0.102. The summed E-state index contributed by atoms with van der Waals surface area (Å²) in [4.78, 5) is 20.7. The van der Waals surface area contributed by atoms with E-state index >= 15 is 0 Å². The van der Waals surface area contributed by atoms with Crippen LogP contribution in [0.15, 0.2) is 59.3 Å². The van der Waals surface area contributed by atoms with Crippen molar-refractivity contribution in [2.45, 2.75) is 6.42 Å². The molecule has 0 aliphatic carbocycles. The zero-order valence-electron chi connectivity index (χ0n) is 16.6. The highest BCUT2D eigenvalue weighted by molar-refractivity contribution is 5.77. The van der Waals surface area contributed by atoms with Crippen molar-refractivity contribution in [1.82, 2.24) is 20.5 Å². The maximum atomic E-state index is 11.9. The molecule has 1 fully saturated rings. The first-order valence-corrected chi connectivity index (χ1v) is 9.94. The lowest BCUT2D eigenvalue weighted by atomic mass is 10.3. The van der Waals surface area contributed by atoms with E-state index in [9.17, 15) is 4.79 Å². The van der Waals surface area contributed by atoms with Crippen molar-refractivity contribution in [1.29, 1.82) is 0 Å². The molecule has 9 heteroatoms. The van der Waals surface area contributed by atoms with Crippen LogP contribution in [0.3, 0.4) is 0 Å². The zero-order valence-corrected chi connectivity index (χ0v) is 16.6. The second-order valence-electron chi connectivity index (χ2n) is 6.86. The maximum absolute atomic E-state index is 11.9. The first-order chi connectivity index (χ1) is 14.8. The van der Waals surface area contributed by atoms with E-state index in [-0.39, 0.29) is 12.5 Å². The molecule has 3 aromatic rings. The number of nitrogens with one attached hydrogen (secondary N) is 1. The third-order valence-electron chi connectivity index (χ3n) is 4.83. The number of carbonyl (C=O) groups is 1. The van der Waals surface area contributed by atoms with E-state index in [0.29, 0.717) is 18.8 Å². The average molecular weight is 408 g/mol. The lowest BCUT2D eigenvalue weighted by Crippen LogP contribution is -2.47. The summed E-state index contributed by atoms with van der Waals surface area (Å²) < 4.78 is 10.7. The standard InChI is InChI=1S/C21H24N6O3/c28-20(23-10-8-17-4-3-15-29-17)16-30-21-7-6-19(24-25-21)27-13-11-26(12-14-27)18-5-1-2-9-22-18/h1-7,9,15H,8,10-14,16H2,(H,23,28). The van der Waals surface area contributed by atoms with E-state index in [2.05, 4.69) is 30.3 Å². The Kier molecular flexibility index (Phi) is 6.38. The second kappa shape index (κ2) is 9.73. The Morgan fingerprint density at radius 2 is 1.83 bits per heavy atom. The van der Waals surface area contributed by atoms with Gasteiger partial charge in [0.15, 0.2) is 12.4 Å². The molecule has 9 nitrogen and oxygen atoms in total. The second-order valence-corrected chi connectivity index (χ2v) is 6.86. The van der Waals surface area contributed by atoms with Crippen LogP contribution in [0.25, 0.3) is 0 Å². The minimum atomic E-state index is -0.210. The Labute approximate surface area is 174 Å². The van der Waals surface area contributed by atoms with E-state index < -0.39 is 0 Å². The number of carbonyl (C=O) groups excluding carboxylic acids is 1. The van der Waals surface area contributed by atoms with E-state index in [0.717, 1.165) is 43.6 Å². The Hall–Kier alpha value is -3.62. The fraction of sp³-hybridized carbons (Fsp3) is 0.333. The molecule has 1 amide bonds. The topological polar surface area (TPSA) is 96.6 Å². The number of anilines is 2. The Morgan fingerprint density at radius 3 is 2.50 bits per heavy atom. The van der Waals surface area contributed by atoms with E-state index in [1.807, 2.05) is 42.6 Å². The van der Waals surface area contributed by atoms with Gasteiger partial charge in [-0.15, -0.1) is 10.2 Å². The summed E-state index contributed by atoms with van der Waals surface area (Å²) in [6.07, 6.45) is 4.06. The quantitative estimate of drug-likeness (QED) is 0.599. The lowest BCUT2D eigenvalue weighted by molar-refractivity contribution is -0.123. The van der Waals surface area contributed by atoms with Crippen molar-refractivity contribution in [2.75, 3.05) is 49.1 Å². The van der Waals surface area contributed by atoms with Gasteiger partial charge in [0, 0.05) is 51.4 Å². The Balaban J connectivity index is 1.19. The minimum Gasteiger partial charge on any atom is -0.469 e.